The van der Waals surface area contributed by atoms with Crippen LogP contribution in [0, 0.1) is 17.3 Å². The number of aliphatic carboxylic acids is 1. The van der Waals surface area contributed by atoms with E-state index in [-0.39, 0.29) is 35.2 Å². The number of unbranched alkanes of at least 4 members (excludes halogenated alkanes) is 2. The molecule has 0 amide bonds. The van der Waals surface area contributed by atoms with Gasteiger partial charge >= 0.3 is 5.97 Å². The molecule has 1 aliphatic carbocycles. The number of rotatable bonds is 13. The van der Waals surface area contributed by atoms with Crippen molar-refractivity contribution in [2.75, 3.05) is 0 Å². The molecule has 4 nitrogen and oxygen atoms in total. The normalized spacial score (nSPS) is 20.8. The molecule has 0 heterocycles. The van der Waals surface area contributed by atoms with Gasteiger partial charge in [0, 0.05) is 31.1 Å². The Morgan fingerprint density at radius 2 is 1.88 bits per heavy atom. The maximum atomic E-state index is 12.5. The summed E-state index contributed by atoms with van der Waals surface area (Å²) in [7, 11) is 0. The van der Waals surface area contributed by atoms with E-state index >= 15 is 0 Å². The molecule has 0 aliphatic heterocycles. The quantitative estimate of drug-likeness (QED) is 0.353. The number of hydrogen-bond donors (Lipinski definition) is 1. The van der Waals surface area contributed by atoms with Gasteiger partial charge in [-0.25, -0.2) is 0 Å². The summed E-state index contributed by atoms with van der Waals surface area (Å²) in [5.41, 5.74) is 0.201. The zero-order valence-corrected chi connectivity index (χ0v) is 16.8. The maximum absolute atomic E-state index is 12.5. The van der Waals surface area contributed by atoms with Crippen LogP contribution in [0.25, 0.3) is 0 Å². The van der Waals surface area contributed by atoms with Crippen molar-refractivity contribution >= 4 is 17.5 Å². The summed E-state index contributed by atoms with van der Waals surface area (Å²) in [4.78, 5) is 35.1. The molecule has 0 aromatic heterocycles. The van der Waals surface area contributed by atoms with Gasteiger partial charge in [-0.05, 0) is 43.9 Å². The number of carboxylic acid groups (broad SMARTS) is 1. The fraction of sp³-hybridized carbons (Fsp3) is 0.773. The minimum atomic E-state index is -0.774. The zero-order valence-electron chi connectivity index (χ0n) is 16.8. The van der Waals surface area contributed by atoms with E-state index in [1.165, 1.54) is 12.8 Å². The van der Waals surface area contributed by atoms with E-state index in [1.807, 2.05) is 12.2 Å². The Morgan fingerprint density at radius 1 is 1.15 bits per heavy atom. The number of carbonyl (C=O) groups excluding carboxylic acids is 2. The molecule has 0 bridgehead atoms. The van der Waals surface area contributed by atoms with Gasteiger partial charge in [0.25, 0.3) is 0 Å². The molecule has 0 unspecified atom stereocenters. The smallest absolute Gasteiger partial charge is 0.303 e. The maximum Gasteiger partial charge on any atom is 0.303 e. The third kappa shape index (κ3) is 8.77. The first-order valence-electron chi connectivity index (χ1n) is 10.2. The van der Waals surface area contributed by atoms with E-state index in [0.717, 1.165) is 19.3 Å². The summed E-state index contributed by atoms with van der Waals surface area (Å²) in [6.07, 6.45) is 12.3. The summed E-state index contributed by atoms with van der Waals surface area (Å²) >= 11 is 0. The highest BCUT2D eigenvalue weighted by Gasteiger charge is 2.35. The number of carboxylic acids is 1. The summed E-state index contributed by atoms with van der Waals surface area (Å²) in [6.45, 7) is 6.65. The Hall–Kier alpha value is -1.45. The minimum Gasteiger partial charge on any atom is -0.481 e. The second-order valence-electron chi connectivity index (χ2n) is 8.53. The molecule has 0 aromatic rings. The molecule has 4 heteroatoms. The monoisotopic (exact) mass is 364 g/mol. The Labute approximate surface area is 158 Å². The van der Waals surface area contributed by atoms with Crippen molar-refractivity contribution in [3.63, 3.8) is 0 Å². The fourth-order valence-electron chi connectivity index (χ4n) is 3.64. The SMILES string of the molecule is CCCCC(C)(C)CCC(=O)[C@H]1CC(=O)[C@@H](CC=CCCCC(=O)O)C1. The minimum absolute atomic E-state index is 0.0345. The number of ketones is 2. The number of allylic oxidation sites excluding steroid dienone is 2. The topological polar surface area (TPSA) is 71.4 Å². The van der Waals surface area contributed by atoms with Gasteiger partial charge in [0.2, 0.25) is 0 Å². The first-order chi connectivity index (χ1) is 12.2. The van der Waals surface area contributed by atoms with Crippen LogP contribution in [-0.2, 0) is 14.4 Å². The van der Waals surface area contributed by atoms with Crippen LogP contribution < -0.4 is 0 Å². The van der Waals surface area contributed by atoms with Gasteiger partial charge in [0.1, 0.15) is 11.6 Å². The van der Waals surface area contributed by atoms with Gasteiger partial charge in [-0.3, -0.25) is 14.4 Å². The Kier molecular flexibility index (Phi) is 9.82. The van der Waals surface area contributed by atoms with E-state index in [0.29, 0.717) is 32.1 Å². The molecule has 0 aromatic carbocycles. The second-order valence-corrected chi connectivity index (χ2v) is 8.53. The van der Waals surface area contributed by atoms with Crippen molar-refractivity contribution in [1.29, 1.82) is 0 Å². The molecular weight excluding hydrogens is 328 g/mol. The molecule has 1 fully saturated rings. The van der Waals surface area contributed by atoms with Gasteiger partial charge < -0.3 is 5.11 Å². The highest BCUT2D eigenvalue weighted by Crippen LogP contribution is 2.34. The summed E-state index contributed by atoms with van der Waals surface area (Å²) in [5.74, 6) is -0.425. The van der Waals surface area contributed by atoms with E-state index in [9.17, 15) is 14.4 Å². The van der Waals surface area contributed by atoms with E-state index in [2.05, 4.69) is 20.8 Å². The Balaban J connectivity index is 2.33. The third-order valence-electron chi connectivity index (χ3n) is 5.53. The lowest BCUT2D eigenvalue weighted by molar-refractivity contribution is -0.137. The van der Waals surface area contributed by atoms with Crippen LogP contribution in [0.4, 0.5) is 0 Å². The van der Waals surface area contributed by atoms with Crippen molar-refractivity contribution in [2.45, 2.75) is 91.4 Å². The highest BCUT2D eigenvalue weighted by atomic mass is 16.4. The molecule has 1 N–H and O–H groups in total. The van der Waals surface area contributed by atoms with E-state index < -0.39 is 5.97 Å². The molecule has 26 heavy (non-hydrogen) atoms. The molecule has 1 aliphatic rings. The molecule has 1 rings (SSSR count). The predicted octanol–water partition coefficient (Wildman–Crippen LogP) is 5.35. The van der Waals surface area contributed by atoms with Crippen LogP contribution in [0.3, 0.4) is 0 Å². The lowest BCUT2D eigenvalue weighted by Gasteiger charge is -2.24. The lowest BCUT2D eigenvalue weighted by Crippen LogP contribution is -2.17. The van der Waals surface area contributed by atoms with Gasteiger partial charge in [0.15, 0.2) is 0 Å². The largest absolute Gasteiger partial charge is 0.481 e. The first kappa shape index (κ1) is 22.6. The van der Waals surface area contributed by atoms with Crippen LogP contribution in [-0.4, -0.2) is 22.6 Å². The van der Waals surface area contributed by atoms with Gasteiger partial charge in [-0.1, -0.05) is 45.8 Å². The van der Waals surface area contributed by atoms with Gasteiger partial charge in [0.05, 0.1) is 0 Å². The first-order valence-corrected chi connectivity index (χ1v) is 10.2. The zero-order chi connectivity index (χ0) is 19.6. The van der Waals surface area contributed by atoms with Crippen LogP contribution >= 0.6 is 0 Å². The van der Waals surface area contributed by atoms with Crippen LogP contribution in [0.5, 0.6) is 0 Å². The number of hydrogen-bond acceptors (Lipinski definition) is 3. The second kappa shape index (κ2) is 11.3. The van der Waals surface area contributed by atoms with Crippen molar-refractivity contribution in [1.82, 2.24) is 0 Å². The average molecular weight is 365 g/mol. The fourth-order valence-corrected chi connectivity index (χ4v) is 3.64. The number of carbonyl (C=O) groups is 3. The molecular formula is C22H36O4. The van der Waals surface area contributed by atoms with Crippen molar-refractivity contribution < 1.29 is 19.5 Å². The summed E-state index contributed by atoms with van der Waals surface area (Å²) in [5, 5.41) is 8.59. The van der Waals surface area contributed by atoms with Gasteiger partial charge in [-0.2, -0.15) is 0 Å². The summed E-state index contributed by atoms with van der Waals surface area (Å²) in [6, 6.07) is 0. The molecule has 0 radical (unpaired) electrons. The van der Waals surface area contributed by atoms with Gasteiger partial charge in [-0.15, -0.1) is 0 Å². The average Bonchev–Trinajstić information content (AvgIpc) is 2.95. The molecule has 0 saturated heterocycles. The van der Waals surface area contributed by atoms with Crippen LogP contribution in [0.2, 0.25) is 0 Å². The lowest BCUT2D eigenvalue weighted by atomic mass is 9.81. The van der Waals surface area contributed by atoms with Crippen LogP contribution in [0.1, 0.15) is 91.4 Å². The molecule has 0 spiro atoms. The van der Waals surface area contributed by atoms with Crippen LogP contribution in [0.15, 0.2) is 12.2 Å². The molecule has 1 saturated carbocycles. The predicted molar refractivity (Wildman–Crippen MR) is 104 cm³/mol. The third-order valence-corrected chi connectivity index (χ3v) is 5.53. The Morgan fingerprint density at radius 3 is 2.54 bits per heavy atom. The van der Waals surface area contributed by atoms with Crippen molar-refractivity contribution in [3.05, 3.63) is 12.2 Å². The van der Waals surface area contributed by atoms with Crippen molar-refractivity contribution in [2.24, 2.45) is 17.3 Å². The van der Waals surface area contributed by atoms with Crippen molar-refractivity contribution in [3.8, 4) is 0 Å². The van der Waals surface area contributed by atoms with E-state index in [4.69, 9.17) is 5.11 Å². The molecule has 2 atom stereocenters. The number of Topliss-reactive ketones (excluding diaryl/α,β-unsaturated/α-hetero) is 2. The highest BCUT2D eigenvalue weighted by molar-refractivity contribution is 5.92. The standard InChI is InChI=1S/C22H36O4/c1-4-5-13-22(2,3)14-12-19(23)18-15-17(20(24)16-18)10-8-6-7-9-11-21(25)26/h6,8,17-18H,4-5,7,9-16H2,1-3H3,(H,25,26)/t17-,18+/m0/s1. The van der Waals surface area contributed by atoms with E-state index in [1.54, 1.807) is 0 Å². The molecule has 148 valence electrons. The summed E-state index contributed by atoms with van der Waals surface area (Å²) < 4.78 is 0. The Bertz CT molecular complexity index is 504.